The fraction of sp³-hybridized carbons (Fsp3) is 0. The summed E-state index contributed by atoms with van der Waals surface area (Å²) in [6, 6.07) is 34.2. The van der Waals surface area contributed by atoms with Crippen LogP contribution in [0, 0.1) is 18.2 Å². The van der Waals surface area contributed by atoms with Crippen molar-refractivity contribution in [2.75, 3.05) is 10.6 Å². The Hall–Kier alpha value is -1.12. The minimum absolute atomic E-state index is 0. The summed E-state index contributed by atoms with van der Waals surface area (Å²) in [5.74, 6) is 0.704. The van der Waals surface area contributed by atoms with Gasteiger partial charge in [-0.05, 0) is 23.0 Å². The number of anilines is 4. The van der Waals surface area contributed by atoms with Crippen LogP contribution in [0.2, 0.25) is 0 Å². The number of nitrogens with one attached hydrogen (secondary N) is 2. The molecule has 0 aliphatic heterocycles. The third-order valence-corrected chi connectivity index (χ3v) is 6.47. The van der Waals surface area contributed by atoms with Crippen molar-refractivity contribution in [2.45, 2.75) is 4.90 Å². The van der Waals surface area contributed by atoms with Crippen LogP contribution in [-0.2, 0) is 10.1 Å². The van der Waals surface area contributed by atoms with Crippen molar-refractivity contribution in [3.8, 4) is 0 Å². The first kappa shape index (κ1) is 40.9. The minimum atomic E-state index is -4.57. The van der Waals surface area contributed by atoms with Crippen molar-refractivity contribution in [1.82, 2.24) is 15.0 Å². The summed E-state index contributed by atoms with van der Waals surface area (Å²) >= 11 is 0. The summed E-state index contributed by atoms with van der Waals surface area (Å²) in [5, 5.41) is 6.25. The summed E-state index contributed by atoms with van der Waals surface area (Å²) in [7, 11) is -4.57. The average Bonchev–Trinajstić information content (AvgIpc) is 2.97. The molecule has 5 rings (SSSR count). The van der Waals surface area contributed by atoms with E-state index in [1.165, 1.54) is 18.5 Å². The van der Waals surface area contributed by atoms with Crippen molar-refractivity contribution >= 4 is 57.7 Å². The largest absolute Gasteiger partial charge is 1.00 e. The van der Waals surface area contributed by atoms with Gasteiger partial charge in [0.1, 0.15) is 16.4 Å². The Morgan fingerprint density at radius 2 is 1.16 bits per heavy atom. The molecule has 0 atom stereocenters. The molecule has 0 spiro atoms. The Labute approximate surface area is 346 Å². The van der Waals surface area contributed by atoms with Gasteiger partial charge in [0.15, 0.2) is 0 Å². The minimum Gasteiger partial charge on any atom is -0.744 e. The SMILES string of the molecule is O=S(=O)([O-])c1ccccc1C=Cc1[c-]cc(Nc2ncnc(Nc3c[c-]c(C=Cc4[c-]cccc4)cc3)n2)cc1.[Na+].[Na+].[Na+].[Na+]. The number of hydrogen-bond donors (Lipinski definition) is 2. The Kier molecular flexibility index (Phi) is 18.8. The number of rotatable bonds is 9. The number of hydrogen-bond acceptors (Lipinski definition) is 8. The van der Waals surface area contributed by atoms with Gasteiger partial charge >= 0.3 is 118 Å². The zero-order valence-corrected chi connectivity index (χ0v) is 33.8. The Balaban J connectivity index is 0.00000242. The van der Waals surface area contributed by atoms with Gasteiger partial charge < -0.3 is 15.2 Å². The van der Waals surface area contributed by atoms with Gasteiger partial charge in [-0.25, -0.2) is 18.4 Å². The number of aromatic nitrogens is 3. The molecule has 0 bridgehead atoms. The monoisotopic (exact) mass is 635 g/mol. The van der Waals surface area contributed by atoms with Gasteiger partial charge in [0.05, 0.1) is 4.90 Å². The first-order chi connectivity index (χ1) is 19.4. The van der Waals surface area contributed by atoms with E-state index in [1.807, 2.05) is 54.6 Å². The molecule has 0 aliphatic carbocycles. The molecule has 0 unspecified atom stereocenters. The fourth-order valence-electron chi connectivity index (χ4n) is 3.63. The van der Waals surface area contributed by atoms with Crippen LogP contribution in [0.3, 0.4) is 0 Å². The van der Waals surface area contributed by atoms with E-state index in [9.17, 15) is 13.0 Å². The molecule has 198 valence electrons. The van der Waals surface area contributed by atoms with E-state index in [2.05, 4.69) is 43.8 Å². The van der Waals surface area contributed by atoms with E-state index >= 15 is 0 Å². The first-order valence-corrected chi connectivity index (χ1v) is 13.5. The second-order valence-electron chi connectivity index (χ2n) is 8.42. The van der Waals surface area contributed by atoms with Gasteiger partial charge in [0.25, 0.3) is 0 Å². The summed E-state index contributed by atoms with van der Waals surface area (Å²) in [6.07, 6.45) is 8.59. The second-order valence-corrected chi connectivity index (χ2v) is 9.77. The van der Waals surface area contributed by atoms with Crippen LogP contribution < -0.4 is 129 Å². The normalized spacial score (nSPS) is 10.6. The number of benzene rings is 4. The van der Waals surface area contributed by atoms with E-state index in [1.54, 1.807) is 42.5 Å². The molecule has 0 amide bonds. The molecule has 1 aromatic heterocycles. The predicted molar refractivity (Wildman–Crippen MR) is 154 cm³/mol. The van der Waals surface area contributed by atoms with Crippen molar-refractivity contribution in [1.29, 1.82) is 0 Å². The van der Waals surface area contributed by atoms with E-state index in [-0.39, 0.29) is 123 Å². The first-order valence-electron chi connectivity index (χ1n) is 12.1. The molecule has 2 N–H and O–H groups in total. The quantitative estimate of drug-likeness (QED) is 0.0712. The molecule has 13 heteroatoms. The molecule has 0 saturated heterocycles. The fourth-order valence-corrected chi connectivity index (χ4v) is 4.30. The third kappa shape index (κ3) is 12.6. The topological polar surface area (TPSA) is 120 Å². The van der Waals surface area contributed by atoms with Crippen LogP contribution in [0.25, 0.3) is 24.3 Å². The molecular weight excluding hydrogens is 614 g/mol. The summed E-state index contributed by atoms with van der Waals surface area (Å²) in [5.41, 5.74) is 4.39. The molecular formula is C31H21N5Na4O3S. The molecule has 0 saturated carbocycles. The van der Waals surface area contributed by atoms with Crippen LogP contribution in [0.5, 0.6) is 0 Å². The summed E-state index contributed by atoms with van der Waals surface area (Å²) in [6.45, 7) is 0. The van der Waals surface area contributed by atoms with Crippen LogP contribution in [0.15, 0.2) is 96.2 Å². The van der Waals surface area contributed by atoms with Gasteiger partial charge in [-0.15, -0.1) is 84.9 Å². The van der Waals surface area contributed by atoms with Crippen LogP contribution in [0.4, 0.5) is 23.3 Å². The molecule has 0 radical (unpaired) electrons. The maximum absolute atomic E-state index is 11.5. The van der Waals surface area contributed by atoms with Gasteiger partial charge in [-0.2, -0.15) is 33.8 Å². The summed E-state index contributed by atoms with van der Waals surface area (Å²) in [4.78, 5) is 12.5. The van der Waals surface area contributed by atoms with Crippen LogP contribution >= 0.6 is 0 Å². The maximum atomic E-state index is 11.5. The average molecular weight is 636 g/mol. The van der Waals surface area contributed by atoms with Gasteiger partial charge in [0.2, 0.25) is 11.9 Å². The third-order valence-electron chi connectivity index (χ3n) is 5.56. The molecule has 0 fully saturated rings. The maximum Gasteiger partial charge on any atom is 1.00 e. The second kappa shape index (κ2) is 20.2. The van der Waals surface area contributed by atoms with Gasteiger partial charge in [-0.1, -0.05) is 24.3 Å². The Bertz CT molecular complexity index is 1770. The van der Waals surface area contributed by atoms with Gasteiger partial charge in [0, 0.05) is 0 Å². The summed E-state index contributed by atoms with van der Waals surface area (Å²) < 4.78 is 34.4. The molecule has 5 aromatic rings. The molecule has 1 heterocycles. The number of nitrogens with zero attached hydrogens (tertiary/aromatic N) is 3. The van der Waals surface area contributed by atoms with Crippen LogP contribution in [-0.4, -0.2) is 27.9 Å². The molecule has 0 aliphatic rings. The Morgan fingerprint density at radius 1 is 0.636 bits per heavy atom. The zero-order valence-electron chi connectivity index (χ0n) is 24.9. The van der Waals surface area contributed by atoms with E-state index in [0.29, 0.717) is 28.7 Å². The molecule has 44 heavy (non-hydrogen) atoms. The standard InChI is InChI=1S/C31H22N5O3S.4Na/c37-40(38,39)29-9-5-4-8-26(29)17-12-25-15-20-28(21-16-25)35-31-33-22-32-30(36-31)34-27-18-13-24(14-19-27)11-10-23-6-2-1-3-7-23;;;;/h1-6,8-13,15,17-22H,(H,37,38,39)(H2,32,33,34,35,36);;;;/q-3;4*+1/p-1. The van der Waals surface area contributed by atoms with Crippen molar-refractivity contribution < 1.29 is 131 Å². The van der Waals surface area contributed by atoms with E-state index in [4.69, 9.17) is 0 Å². The smallest absolute Gasteiger partial charge is 0.744 e. The van der Waals surface area contributed by atoms with E-state index < -0.39 is 10.1 Å². The van der Waals surface area contributed by atoms with E-state index in [0.717, 1.165) is 16.8 Å². The molecule has 8 nitrogen and oxygen atoms in total. The van der Waals surface area contributed by atoms with Crippen molar-refractivity contribution in [2.24, 2.45) is 0 Å². The van der Waals surface area contributed by atoms with Crippen LogP contribution in [0.1, 0.15) is 22.3 Å². The van der Waals surface area contributed by atoms with Gasteiger partial charge in [-0.3, -0.25) is 0 Å². The Morgan fingerprint density at radius 3 is 1.66 bits per heavy atom. The van der Waals surface area contributed by atoms with Crippen molar-refractivity contribution in [3.05, 3.63) is 132 Å². The predicted octanol–water partition coefficient (Wildman–Crippen LogP) is -5.98. The van der Waals surface area contributed by atoms with Crippen molar-refractivity contribution in [3.63, 3.8) is 0 Å². The zero-order chi connectivity index (χ0) is 27.8. The molecule has 4 aromatic carbocycles.